The molecule has 100 valence electrons. The molecule has 0 aromatic heterocycles. The molecule has 1 heterocycles. The van der Waals surface area contributed by atoms with Gasteiger partial charge >= 0.3 is 0 Å². The summed E-state index contributed by atoms with van der Waals surface area (Å²) in [5.74, 6) is 0. The zero-order chi connectivity index (χ0) is 14.1. The topological polar surface area (TPSA) is 53.0 Å². The van der Waals surface area contributed by atoms with Crippen molar-refractivity contribution in [3.63, 3.8) is 0 Å². The number of nitriles is 1. The lowest BCUT2D eigenvalue weighted by molar-refractivity contribution is 0.731. The van der Waals surface area contributed by atoms with E-state index in [9.17, 15) is 5.26 Å². The molecule has 2 aromatic carbocycles. The normalized spacial score (nSPS) is 13.7. The number of nitrogen functional groups attached to an aromatic ring is 1. The van der Waals surface area contributed by atoms with Crippen molar-refractivity contribution in [2.24, 2.45) is 0 Å². The number of nitrogens with two attached hydrogens (primary N) is 1. The molecular formula is C16H14BrN3. The highest BCUT2D eigenvalue weighted by atomic mass is 79.9. The van der Waals surface area contributed by atoms with Gasteiger partial charge in [-0.25, -0.2) is 0 Å². The van der Waals surface area contributed by atoms with Gasteiger partial charge in [-0.05, 0) is 47.9 Å². The Labute approximate surface area is 126 Å². The van der Waals surface area contributed by atoms with E-state index in [1.807, 2.05) is 30.3 Å². The van der Waals surface area contributed by atoms with Crippen LogP contribution in [0.4, 0.5) is 11.4 Å². The maximum atomic E-state index is 9.27. The highest BCUT2D eigenvalue weighted by Gasteiger charge is 2.19. The monoisotopic (exact) mass is 327 g/mol. The predicted molar refractivity (Wildman–Crippen MR) is 84.5 cm³/mol. The number of anilines is 2. The summed E-state index contributed by atoms with van der Waals surface area (Å²) in [6.07, 6.45) is 0.979. The average molecular weight is 328 g/mol. The molecule has 2 N–H and O–H groups in total. The summed E-state index contributed by atoms with van der Waals surface area (Å²) in [6, 6.07) is 14.1. The van der Waals surface area contributed by atoms with Crippen LogP contribution in [0.25, 0.3) is 0 Å². The molecule has 1 aliphatic rings. The van der Waals surface area contributed by atoms with Gasteiger partial charge in [-0.15, -0.1) is 0 Å². The molecular weight excluding hydrogens is 314 g/mol. The van der Waals surface area contributed by atoms with Crippen molar-refractivity contribution in [3.8, 4) is 6.07 Å². The van der Waals surface area contributed by atoms with Gasteiger partial charge in [0.15, 0.2) is 0 Å². The average Bonchev–Trinajstić information content (AvgIpc) is 2.46. The van der Waals surface area contributed by atoms with Crippen molar-refractivity contribution < 1.29 is 0 Å². The van der Waals surface area contributed by atoms with Gasteiger partial charge < -0.3 is 10.6 Å². The highest BCUT2D eigenvalue weighted by molar-refractivity contribution is 9.10. The molecule has 2 aromatic rings. The third-order valence-corrected chi connectivity index (χ3v) is 4.16. The van der Waals surface area contributed by atoms with E-state index in [4.69, 9.17) is 5.73 Å². The van der Waals surface area contributed by atoms with Gasteiger partial charge in [-0.1, -0.05) is 22.0 Å². The van der Waals surface area contributed by atoms with E-state index < -0.39 is 0 Å². The lowest BCUT2D eigenvalue weighted by atomic mass is 9.98. The molecule has 0 radical (unpaired) electrons. The van der Waals surface area contributed by atoms with Crippen LogP contribution in [0, 0.1) is 11.3 Å². The number of halogens is 1. The Bertz CT molecular complexity index is 703. The van der Waals surface area contributed by atoms with Gasteiger partial charge in [0.1, 0.15) is 6.07 Å². The fourth-order valence-electron chi connectivity index (χ4n) is 2.64. The first-order chi connectivity index (χ1) is 9.67. The van der Waals surface area contributed by atoms with Crippen molar-refractivity contribution in [1.29, 1.82) is 5.26 Å². The molecule has 3 nitrogen and oxygen atoms in total. The Balaban J connectivity index is 1.98. The van der Waals surface area contributed by atoms with Crippen molar-refractivity contribution in [2.45, 2.75) is 13.0 Å². The number of rotatable bonds is 1. The maximum Gasteiger partial charge on any atom is 0.101 e. The third kappa shape index (κ3) is 2.37. The molecule has 0 fully saturated rings. The predicted octanol–water partition coefficient (Wildman–Crippen LogP) is 3.47. The molecule has 0 unspecified atom stereocenters. The van der Waals surface area contributed by atoms with Gasteiger partial charge in [0.2, 0.25) is 0 Å². The number of nitrogens with zero attached hydrogens (tertiary/aromatic N) is 2. The summed E-state index contributed by atoms with van der Waals surface area (Å²) in [4.78, 5) is 2.24. The summed E-state index contributed by atoms with van der Waals surface area (Å²) in [5.41, 5.74) is 11.0. The summed E-state index contributed by atoms with van der Waals surface area (Å²) < 4.78 is 0.991. The van der Waals surface area contributed by atoms with E-state index in [1.165, 1.54) is 11.1 Å². The van der Waals surface area contributed by atoms with E-state index >= 15 is 0 Å². The van der Waals surface area contributed by atoms with Crippen LogP contribution in [0.2, 0.25) is 0 Å². The van der Waals surface area contributed by atoms with Crippen LogP contribution >= 0.6 is 15.9 Å². The first kappa shape index (κ1) is 13.0. The Kier molecular flexibility index (Phi) is 3.37. The zero-order valence-corrected chi connectivity index (χ0v) is 12.5. The van der Waals surface area contributed by atoms with Crippen molar-refractivity contribution in [3.05, 3.63) is 57.6 Å². The van der Waals surface area contributed by atoms with E-state index in [-0.39, 0.29) is 0 Å². The van der Waals surface area contributed by atoms with Crippen LogP contribution in [-0.4, -0.2) is 6.54 Å². The van der Waals surface area contributed by atoms with E-state index in [0.29, 0.717) is 5.56 Å². The second kappa shape index (κ2) is 5.18. The molecule has 0 atom stereocenters. The molecule has 20 heavy (non-hydrogen) atoms. The number of fused-ring (bicyclic) bond motifs is 1. The highest BCUT2D eigenvalue weighted by Crippen LogP contribution is 2.30. The Hall–Kier alpha value is -1.99. The van der Waals surface area contributed by atoms with Crippen molar-refractivity contribution in [1.82, 2.24) is 0 Å². The molecule has 0 bridgehead atoms. The fourth-order valence-corrected chi connectivity index (χ4v) is 2.99. The van der Waals surface area contributed by atoms with Crippen LogP contribution in [-0.2, 0) is 13.0 Å². The Morgan fingerprint density at radius 2 is 2.00 bits per heavy atom. The van der Waals surface area contributed by atoms with Crippen LogP contribution in [0.5, 0.6) is 0 Å². The first-order valence-corrected chi connectivity index (χ1v) is 7.28. The van der Waals surface area contributed by atoms with Crippen molar-refractivity contribution in [2.75, 3.05) is 17.2 Å². The van der Waals surface area contributed by atoms with E-state index in [0.717, 1.165) is 35.4 Å². The maximum absolute atomic E-state index is 9.27. The van der Waals surface area contributed by atoms with Crippen LogP contribution < -0.4 is 10.6 Å². The third-order valence-electron chi connectivity index (χ3n) is 3.66. The minimum atomic E-state index is 0.709. The van der Waals surface area contributed by atoms with Gasteiger partial charge in [0.05, 0.1) is 11.3 Å². The molecule has 0 aliphatic carbocycles. The lowest BCUT2D eigenvalue weighted by Crippen LogP contribution is -2.31. The second-order valence-electron chi connectivity index (χ2n) is 4.97. The van der Waals surface area contributed by atoms with Crippen LogP contribution in [0.1, 0.15) is 16.7 Å². The second-order valence-corrected chi connectivity index (χ2v) is 5.89. The SMILES string of the molecule is N#Cc1ccc(Br)cc1N1CCc2ccc(N)cc2C1. The minimum Gasteiger partial charge on any atom is -0.399 e. The molecule has 4 heteroatoms. The number of hydrogen-bond acceptors (Lipinski definition) is 3. The molecule has 3 rings (SSSR count). The van der Waals surface area contributed by atoms with E-state index in [1.54, 1.807) is 0 Å². The van der Waals surface area contributed by atoms with Gasteiger partial charge in [-0.3, -0.25) is 0 Å². The Morgan fingerprint density at radius 3 is 2.80 bits per heavy atom. The van der Waals surface area contributed by atoms with Crippen LogP contribution in [0.15, 0.2) is 40.9 Å². The summed E-state index contributed by atoms with van der Waals surface area (Å²) in [6.45, 7) is 1.72. The van der Waals surface area contributed by atoms with Gasteiger partial charge in [-0.2, -0.15) is 5.26 Å². The van der Waals surface area contributed by atoms with Gasteiger partial charge in [0, 0.05) is 23.2 Å². The van der Waals surface area contributed by atoms with E-state index in [2.05, 4.69) is 33.0 Å². The fraction of sp³-hybridized carbons (Fsp3) is 0.188. The summed E-state index contributed by atoms with van der Waals surface area (Å²) >= 11 is 3.48. The zero-order valence-electron chi connectivity index (χ0n) is 10.9. The number of benzene rings is 2. The molecule has 0 spiro atoms. The Morgan fingerprint density at radius 1 is 1.15 bits per heavy atom. The molecule has 1 aliphatic heterocycles. The lowest BCUT2D eigenvalue weighted by Gasteiger charge is -2.31. The quantitative estimate of drug-likeness (QED) is 0.816. The minimum absolute atomic E-state index is 0.709. The van der Waals surface area contributed by atoms with Gasteiger partial charge in [0.25, 0.3) is 0 Å². The van der Waals surface area contributed by atoms with Crippen molar-refractivity contribution >= 4 is 27.3 Å². The summed E-state index contributed by atoms with van der Waals surface area (Å²) in [5, 5.41) is 9.27. The first-order valence-electron chi connectivity index (χ1n) is 6.49. The molecule has 0 amide bonds. The molecule has 0 saturated heterocycles. The molecule has 0 saturated carbocycles. The summed E-state index contributed by atoms with van der Waals surface area (Å²) in [7, 11) is 0. The smallest absolute Gasteiger partial charge is 0.101 e. The largest absolute Gasteiger partial charge is 0.399 e. The standard InChI is InChI=1S/C16H14BrN3/c17-14-3-1-12(9-18)16(8-14)20-6-5-11-2-4-15(19)7-13(11)10-20/h1-4,7-8H,5-6,10,19H2. The van der Waals surface area contributed by atoms with Crippen LogP contribution in [0.3, 0.4) is 0 Å². The number of hydrogen-bond donors (Lipinski definition) is 1.